The zero-order chi connectivity index (χ0) is 5.21. The summed E-state index contributed by atoms with van der Waals surface area (Å²) in [5, 5.41) is 0. The normalized spacial score (nSPS) is 9.57. The van der Waals surface area contributed by atoms with Crippen molar-refractivity contribution in [2.75, 3.05) is 0 Å². The second-order valence-corrected chi connectivity index (χ2v) is 0.708. The fourth-order valence-corrected chi connectivity index (χ4v) is 0. The zero-order valence-corrected chi connectivity index (χ0v) is 6.20. The van der Waals surface area contributed by atoms with Crippen LogP contribution in [0.15, 0.2) is 6.08 Å². The summed E-state index contributed by atoms with van der Waals surface area (Å²) in [6.45, 7) is 4.06. The molecular weight excluding hydrogens is 182 g/mol. The van der Waals surface area contributed by atoms with E-state index < -0.39 is 6.18 Å². The van der Waals surface area contributed by atoms with Gasteiger partial charge in [-0.15, -0.1) is 0 Å². The van der Waals surface area contributed by atoms with Crippen molar-refractivity contribution < 1.29 is 45.9 Å². The number of halogens is 3. The van der Waals surface area contributed by atoms with Gasteiger partial charge in [0.05, 0.1) is 0 Å². The maximum Gasteiger partial charge on any atom is 3.00 e. The molecule has 0 saturated heterocycles. The molecule has 0 aromatic carbocycles. The molecule has 0 amide bonds. The Balaban J connectivity index is 0. The van der Waals surface area contributed by atoms with Crippen molar-refractivity contribution in [3.8, 4) is 0 Å². The Morgan fingerprint density at radius 1 is 1.29 bits per heavy atom. The number of alkyl halides is 3. The van der Waals surface area contributed by atoms with Crippen LogP contribution in [0.3, 0.4) is 0 Å². The molecule has 0 aliphatic rings. The molecule has 0 aliphatic heterocycles. The van der Waals surface area contributed by atoms with Gasteiger partial charge in [0.25, 0.3) is 0 Å². The van der Waals surface area contributed by atoms with Crippen molar-refractivity contribution in [2.24, 2.45) is 0 Å². The molecule has 0 N–H and O–H groups in total. The monoisotopic (exact) mass is 184 g/mol. The van der Waals surface area contributed by atoms with Gasteiger partial charge in [0.15, 0.2) is 0 Å². The maximum absolute atomic E-state index is 10.6. The van der Waals surface area contributed by atoms with Gasteiger partial charge >= 0.3 is 38.9 Å². The number of hydrogen-bond acceptors (Lipinski definition) is 0. The van der Waals surface area contributed by atoms with Crippen LogP contribution >= 0.6 is 0 Å². The molecule has 0 saturated carbocycles. The first kappa shape index (κ1) is 10.6. The summed E-state index contributed by atoms with van der Waals surface area (Å²) in [6, 6.07) is 0. The molecule has 0 spiro atoms. The number of allylic oxidation sites excluding steroid dienone is 1. The third-order valence-electron chi connectivity index (χ3n) is 0.189. The van der Waals surface area contributed by atoms with Crippen molar-refractivity contribution in [3.05, 3.63) is 12.7 Å². The van der Waals surface area contributed by atoms with Gasteiger partial charge in [-0.1, -0.05) is 0 Å². The van der Waals surface area contributed by atoms with E-state index in [0.29, 0.717) is 0 Å². The van der Waals surface area contributed by atoms with Gasteiger partial charge in [-0.2, -0.15) is 19.2 Å². The van der Waals surface area contributed by atoms with Crippen LogP contribution in [0.2, 0.25) is 0 Å². The first-order chi connectivity index (χ1) is 2.56. The number of hydrogen-bond donors (Lipinski definition) is 0. The molecular formula is C3H2F3Y+2. The Hall–Kier alpha value is 0.634. The van der Waals surface area contributed by atoms with Crippen LogP contribution in [-0.4, -0.2) is 6.18 Å². The predicted molar refractivity (Wildman–Crippen MR) is 14.9 cm³/mol. The van der Waals surface area contributed by atoms with E-state index in [1.54, 1.807) is 0 Å². The Bertz CT molecular complexity index is 55.7. The smallest absolute Gasteiger partial charge is 0.509 e. The molecule has 0 unspecified atom stereocenters. The van der Waals surface area contributed by atoms with Gasteiger partial charge in [-0.05, 0) is 0 Å². The molecule has 0 nitrogen and oxygen atoms in total. The molecule has 0 aromatic rings. The van der Waals surface area contributed by atoms with Crippen LogP contribution in [-0.2, 0) is 32.7 Å². The SMILES string of the molecule is [CH-]=CC(F)(F)F.[Y+3]. The Kier molecular flexibility index (Phi) is 5.46. The van der Waals surface area contributed by atoms with Crippen molar-refractivity contribution >= 4 is 0 Å². The summed E-state index contributed by atoms with van der Waals surface area (Å²) >= 11 is 0. The quantitative estimate of drug-likeness (QED) is 0.500. The standard InChI is InChI=1S/C3H2F3.Y/c1-2-3(4,5)6;/h1-2H;/q-1;+3. The summed E-state index contributed by atoms with van der Waals surface area (Å²) in [5.41, 5.74) is 0. The molecule has 0 radical (unpaired) electrons. The van der Waals surface area contributed by atoms with Gasteiger partial charge in [-0.25, -0.2) is 0 Å². The minimum atomic E-state index is -4.31. The fraction of sp³-hybridized carbons (Fsp3) is 0.333. The topological polar surface area (TPSA) is 0 Å². The zero-order valence-electron chi connectivity index (χ0n) is 3.37. The second-order valence-electron chi connectivity index (χ2n) is 0.708. The molecule has 0 atom stereocenters. The fourth-order valence-electron chi connectivity index (χ4n) is 0. The van der Waals surface area contributed by atoms with E-state index >= 15 is 0 Å². The van der Waals surface area contributed by atoms with E-state index in [-0.39, 0.29) is 38.8 Å². The van der Waals surface area contributed by atoms with Crippen LogP contribution in [0.4, 0.5) is 13.2 Å². The van der Waals surface area contributed by atoms with Gasteiger partial charge < -0.3 is 6.58 Å². The van der Waals surface area contributed by atoms with Gasteiger partial charge in [0.2, 0.25) is 0 Å². The van der Waals surface area contributed by atoms with Crippen molar-refractivity contribution in [1.29, 1.82) is 0 Å². The molecule has 0 fully saturated rings. The van der Waals surface area contributed by atoms with Crippen LogP contribution in [0.25, 0.3) is 0 Å². The summed E-state index contributed by atoms with van der Waals surface area (Å²) in [6.07, 6.45) is -4.62. The molecule has 0 heterocycles. The largest absolute Gasteiger partial charge is 3.00 e. The van der Waals surface area contributed by atoms with E-state index in [9.17, 15) is 13.2 Å². The Morgan fingerprint density at radius 2 is 1.43 bits per heavy atom. The Morgan fingerprint density at radius 3 is 1.43 bits per heavy atom. The predicted octanol–water partition coefficient (Wildman–Crippen LogP) is 1.54. The minimum absolute atomic E-state index is 0. The van der Waals surface area contributed by atoms with E-state index in [0.717, 1.165) is 0 Å². The summed E-state index contributed by atoms with van der Waals surface area (Å²) in [5.74, 6) is 0. The van der Waals surface area contributed by atoms with Gasteiger partial charge in [0, 0.05) is 0 Å². The van der Waals surface area contributed by atoms with E-state index in [1.165, 1.54) is 0 Å². The molecule has 36 valence electrons. The third kappa shape index (κ3) is 10.8. The Labute approximate surface area is 64.7 Å². The first-order valence-corrected chi connectivity index (χ1v) is 1.19. The van der Waals surface area contributed by atoms with Crippen LogP contribution < -0.4 is 0 Å². The van der Waals surface area contributed by atoms with Crippen molar-refractivity contribution in [2.45, 2.75) is 6.18 Å². The average Bonchev–Trinajstić information content (AvgIpc) is 1.35. The second kappa shape index (κ2) is 3.61. The van der Waals surface area contributed by atoms with Crippen LogP contribution in [0, 0.1) is 6.58 Å². The summed E-state index contributed by atoms with van der Waals surface area (Å²) in [4.78, 5) is 0. The number of rotatable bonds is 0. The molecule has 4 heteroatoms. The average molecular weight is 184 g/mol. The minimum Gasteiger partial charge on any atom is -0.509 e. The molecule has 0 aromatic heterocycles. The van der Waals surface area contributed by atoms with Crippen molar-refractivity contribution in [3.63, 3.8) is 0 Å². The molecule has 0 aliphatic carbocycles. The van der Waals surface area contributed by atoms with Gasteiger partial charge in [0.1, 0.15) is 0 Å². The van der Waals surface area contributed by atoms with Gasteiger partial charge in [-0.3, -0.25) is 0 Å². The van der Waals surface area contributed by atoms with E-state index in [1.807, 2.05) is 0 Å². The van der Waals surface area contributed by atoms with Crippen molar-refractivity contribution in [1.82, 2.24) is 0 Å². The third-order valence-corrected chi connectivity index (χ3v) is 0.189. The molecule has 0 bridgehead atoms. The first-order valence-electron chi connectivity index (χ1n) is 1.19. The summed E-state index contributed by atoms with van der Waals surface area (Å²) < 4.78 is 31.8. The molecule has 0 rings (SSSR count). The summed E-state index contributed by atoms with van der Waals surface area (Å²) in [7, 11) is 0. The van der Waals surface area contributed by atoms with E-state index in [2.05, 4.69) is 6.58 Å². The van der Waals surface area contributed by atoms with Crippen LogP contribution in [0.1, 0.15) is 0 Å². The molecule has 7 heavy (non-hydrogen) atoms. The van der Waals surface area contributed by atoms with E-state index in [4.69, 9.17) is 0 Å². The maximum atomic E-state index is 10.6. The van der Waals surface area contributed by atoms with Crippen LogP contribution in [0.5, 0.6) is 0 Å².